The quantitative estimate of drug-likeness (QED) is 0.912. The number of hydrogen-bond donors (Lipinski definition) is 1. The molecule has 0 aliphatic rings. The predicted molar refractivity (Wildman–Crippen MR) is 80.3 cm³/mol. The van der Waals surface area contributed by atoms with Crippen LogP contribution in [0.1, 0.15) is 35.8 Å². The van der Waals surface area contributed by atoms with Gasteiger partial charge in [-0.15, -0.1) is 0 Å². The Kier molecular flexibility index (Phi) is 4.81. The largest absolute Gasteiger partial charge is 0.305 e. The van der Waals surface area contributed by atoms with Crippen molar-refractivity contribution in [3.63, 3.8) is 0 Å². The fourth-order valence-electron chi connectivity index (χ4n) is 1.76. The molecule has 21 heavy (non-hydrogen) atoms. The summed E-state index contributed by atoms with van der Waals surface area (Å²) >= 11 is 0. The highest BCUT2D eigenvalue weighted by Gasteiger charge is 2.10. The molecule has 110 valence electrons. The van der Waals surface area contributed by atoms with Gasteiger partial charge in [-0.3, -0.25) is 9.59 Å². The van der Waals surface area contributed by atoms with Gasteiger partial charge >= 0.3 is 0 Å². The van der Waals surface area contributed by atoms with Crippen LogP contribution < -0.4 is 10.9 Å². The van der Waals surface area contributed by atoms with Crippen molar-refractivity contribution < 1.29 is 4.79 Å². The lowest BCUT2D eigenvalue weighted by Crippen LogP contribution is -2.26. The van der Waals surface area contributed by atoms with E-state index in [0.717, 1.165) is 18.4 Å². The Labute approximate surface area is 122 Å². The van der Waals surface area contributed by atoms with Crippen LogP contribution in [0.4, 0.5) is 5.82 Å². The number of aromatic nitrogens is 3. The molecule has 0 fully saturated rings. The zero-order valence-electron chi connectivity index (χ0n) is 12.2. The van der Waals surface area contributed by atoms with Gasteiger partial charge in [0.25, 0.3) is 11.5 Å². The molecule has 0 aliphatic heterocycles. The molecule has 0 bridgehead atoms. The number of carbonyl (C=O) groups is 1. The molecular weight excluding hydrogens is 268 g/mol. The molecule has 2 heterocycles. The number of pyridine rings is 1. The molecule has 2 aromatic heterocycles. The molecule has 0 aromatic carbocycles. The monoisotopic (exact) mass is 286 g/mol. The van der Waals surface area contributed by atoms with Gasteiger partial charge in [-0.2, -0.15) is 5.10 Å². The summed E-state index contributed by atoms with van der Waals surface area (Å²) in [7, 11) is 0. The molecule has 0 unspecified atom stereocenters. The number of carbonyl (C=O) groups excluding carboxylic acids is 1. The summed E-state index contributed by atoms with van der Waals surface area (Å²) in [6.45, 7) is 4.47. The van der Waals surface area contributed by atoms with Crippen molar-refractivity contribution in [2.75, 3.05) is 5.32 Å². The third-order valence-corrected chi connectivity index (χ3v) is 2.98. The fourth-order valence-corrected chi connectivity index (χ4v) is 1.76. The third-order valence-electron chi connectivity index (χ3n) is 2.98. The minimum Gasteiger partial charge on any atom is -0.305 e. The highest BCUT2D eigenvalue weighted by molar-refractivity contribution is 6.02. The number of amides is 1. The van der Waals surface area contributed by atoms with E-state index in [1.54, 1.807) is 12.3 Å². The minimum absolute atomic E-state index is 0.200. The van der Waals surface area contributed by atoms with Crippen LogP contribution in [0.15, 0.2) is 35.3 Å². The SMILES string of the molecule is CCCCn1nc(C(=O)Nc2ccc(C)cn2)ccc1=O. The topological polar surface area (TPSA) is 76.9 Å². The van der Waals surface area contributed by atoms with Gasteiger partial charge in [0.2, 0.25) is 0 Å². The van der Waals surface area contributed by atoms with Crippen molar-refractivity contribution in [1.29, 1.82) is 0 Å². The van der Waals surface area contributed by atoms with Gasteiger partial charge in [0.05, 0.1) is 0 Å². The Hall–Kier alpha value is -2.50. The molecular formula is C15H18N4O2. The van der Waals surface area contributed by atoms with Gasteiger partial charge in [0, 0.05) is 18.8 Å². The van der Waals surface area contributed by atoms with Crippen LogP contribution in [0.2, 0.25) is 0 Å². The average Bonchev–Trinajstić information content (AvgIpc) is 2.48. The lowest BCUT2D eigenvalue weighted by atomic mass is 10.3. The second-order valence-electron chi connectivity index (χ2n) is 4.81. The van der Waals surface area contributed by atoms with Crippen LogP contribution in [-0.4, -0.2) is 20.7 Å². The van der Waals surface area contributed by atoms with Crippen molar-refractivity contribution in [2.45, 2.75) is 33.2 Å². The first-order chi connectivity index (χ1) is 10.1. The smallest absolute Gasteiger partial charge is 0.277 e. The maximum absolute atomic E-state index is 12.1. The zero-order chi connectivity index (χ0) is 15.2. The van der Waals surface area contributed by atoms with Crippen LogP contribution in [0.25, 0.3) is 0 Å². The number of nitrogens with one attached hydrogen (secondary N) is 1. The van der Waals surface area contributed by atoms with Crippen LogP contribution in [0, 0.1) is 6.92 Å². The van der Waals surface area contributed by atoms with Gasteiger partial charge < -0.3 is 5.32 Å². The van der Waals surface area contributed by atoms with Crippen molar-refractivity contribution >= 4 is 11.7 Å². The summed E-state index contributed by atoms with van der Waals surface area (Å²) in [6, 6.07) is 6.37. The second kappa shape index (κ2) is 6.78. The van der Waals surface area contributed by atoms with E-state index < -0.39 is 0 Å². The molecule has 0 spiro atoms. The maximum Gasteiger partial charge on any atom is 0.277 e. The molecule has 0 atom stereocenters. The fraction of sp³-hybridized carbons (Fsp3) is 0.333. The molecule has 1 amide bonds. The summed E-state index contributed by atoms with van der Waals surface area (Å²) in [6.07, 6.45) is 3.47. The van der Waals surface area contributed by atoms with Crippen molar-refractivity contribution in [1.82, 2.24) is 14.8 Å². The first-order valence-corrected chi connectivity index (χ1v) is 6.92. The molecule has 0 saturated heterocycles. The first-order valence-electron chi connectivity index (χ1n) is 6.92. The van der Waals surface area contributed by atoms with Crippen LogP contribution in [0.3, 0.4) is 0 Å². The van der Waals surface area contributed by atoms with Crippen LogP contribution in [-0.2, 0) is 6.54 Å². The van der Waals surface area contributed by atoms with E-state index in [2.05, 4.69) is 15.4 Å². The second-order valence-corrected chi connectivity index (χ2v) is 4.81. The summed E-state index contributed by atoms with van der Waals surface area (Å²) in [5, 5.41) is 6.75. The lowest BCUT2D eigenvalue weighted by molar-refractivity contribution is 0.101. The average molecular weight is 286 g/mol. The van der Waals surface area contributed by atoms with E-state index in [4.69, 9.17) is 0 Å². The van der Waals surface area contributed by atoms with Crippen LogP contribution >= 0.6 is 0 Å². The Morgan fingerprint density at radius 2 is 2.10 bits per heavy atom. The molecule has 2 aromatic rings. The van der Waals surface area contributed by atoms with E-state index >= 15 is 0 Å². The minimum atomic E-state index is -0.378. The number of anilines is 1. The van der Waals surface area contributed by atoms with Gasteiger partial charge in [-0.05, 0) is 31.0 Å². The normalized spacial score (nSPS) is 10.4. The summed E-state index contributed by atoms with van der Waals surface area (Å²) < 4.78 is 1.32. The summed E-state index contributed by atoms with van der Waals surface area (Å²) in [5.74, 6) is 0.0790. The van der Waals surface area contributed by atoms with Gasteiger partial charge in [-0.25, -0.2) is 9.67 Å². The predicted octanol–water partition coefficient (Wildman–Crippen LogP) is 2.00. The Balaban J connectivity index is 2.15. The van der Waals surface area contributed by atoms with Gasteiger partial charge in [-0.1, -0.05) is 19.4 Å². The van der Waals surface area contributed by atoms with E-state index in [1.807, 2.05) is 19.9 Å². The standard InChI is InChI=1S/C15H18N4O2/c1-3-4-9-19-14(20)8-6-12(18-19)15(21)17-13-7-5-11(2)10-16-13/h5-8,10H,3-4,9H2,1-2H3,(H,16,17,21). The first kappa shape index (κ1) is 14.9. The van der Waals surface area contributed by atoms with E-state index in [1.165, 1.54) is 16.8 Å². The van der Waals surface area contributed by atoms with Gasteiger partial charge in [0.15, 0.2) is 0 Å². The van der Waals surface area contributed by atoms with E-state index in [0.29, 0.717) is 12.4 Å². The van der Waals surface area contributed by atoms with Gasteiger partial charge in [0.1, 0.15) is 11.5 Å². The zero-order valence-corrected chi connectivity index (χ0v) is 12.2. The van der Waals surface area contributed by atoms with Crippen molar-refractivity contribution in [3.05, 3.63) is 52.1 Å². The lowest BCUT2D eigenvalue weighted by Gasteiger charge is -2.07. The Morgan fingerprint density at radius 3 is 2.76 bits per heavy atom. The molecule has 0 saturated carbocycles. The molecule has 0 aliphatic carbocycles. The van der Waals surface area contributed by atoms with Crippen molar-refractivity contribution in [3.8, 4) is 0 Å². The summed E-state index contributed by atoms with van der Waals surface area (Å²) in [4.78, 5) is 27.9. The highest BCUT2D eigenvalue weighted by Crippen LogP contribution is 2.05. The van der Waals surface area contributed by atoms with E-state index in [-0.39, 0.29) is 17.2 Å². The van der Waals surface area contributed by atoms with Crippen LogP contribution in [0.5, 0.6) is 0 Å². The molecule has 0 radical (unpaired) electrons. The maximum atomic E-state index is 12.1. The third kappa shape index (κ3) is 3.98. The number of unbranched alkanes of at least 4 members (excludes halogenated alkanes) is 1. The number of rotatable bonds is 5. The number of aryl methyl sites for hydroxylation is 2. The Bertz CT molecular complexity index is 677. The molecule has 2 rings (SSSR count). The molecule has 6 heteroatoms. The summed E-state index contributed by atoms with van der Waals surface area (Å²) in [5.41, 5.74) is 1.01. The molecule has 1 N–H and O–H groups in total. The van der Waals surface area contributed by atoms with Crippen molar-refractivity contribution in [2.24, 2.45) is 0 Å². The molecule has 6 nitrogen and oxygen atoms in total. The van der Waals surface area contributed by atoms with E-state index in [9.17, 15) is 9.59 Å². The Morgan fingerprint density at radius 1 is 1.29 bits per heavy atom. The number of nitrogens with zero attached hydrogens (tertiary/aromatic N) is 3. The highest BCUT2D eigenvalue weighted by atomic mass is 16.2. The number of hydrogen-bond acceptors (Lipinski definition) is 4.